The summed E-state index contributed by atoms with van der Waals surface area (Å²) < 4.78 is 1.23. The molecule has 0 bridgehead atoms. The zero-order chi connectivity index (χ0) is 11.4. The molecule has 1 aromatic heterocycles. The predicted molar refractivity (Wildman–Crippen MR) is 74.9 cm³/mol. The van der Waals surface area contributed by atoms with Crippen molar-refractivity contribution in [3.63, 3.8) is 0 Å². The van der Waals surface area contributed by atoms with Gasteiger partial charge >= 0.3 is 0 Å². The Bertz CT molecular complexity index is 317. The van der Waals surface area contributed by atoms with Crippen LogP contribution in [-0.2, 0) is 6.54 Å². The molecule has 0 aromatic carbocycles. The van der Waals surface area contributed by atoms with Crippen LogP contribution in [0.1, 0.15) is 44.6 Å². The van der Waals surface area contributed by atoms with Crippen molar-refractivity contribution in [3.8, 4) is 0 Å². The Morgan fingerprint density at radius 1 is 1.44 bits per heavy atom. The van der Waals surface area contributed by atoms with Crippen molar-refractivity contribution in [3.05, 3.63) is 20.8 Å². The van der Waals surface area contributed by atoms with Gasteiger partial charge < -0.3 is 5.32 Å². The molecule has 1 aliphatic carbocycles. The Hall–Kier alpha value is 0.140. The van der Waals surface area contributed by atoms with Gasteiger partial charge in [-0.2, -0.15) is 0 Å². The zero-order valence-electron chi connectivity index (χ0n) is 9.84. The lowest BCUT2D eigenvalue weighted by Crippen LogP contribution is -2.34. The smallest absolute Gasteiger partial charge is 0.0701 e. The van der Waals surface area contributed by atoms with Crippen LogP contribution in [0.3, 0.4) is 0 Å². The lowest BCUT2D eigenvalue weighted by Gasteiger charge is -2.28. The van der Waals surface area contributed by atoms with Crippen LogP contribution in [0.15, 0.2) is 15.2 Å². The number of hydrogen-bond donors (Lipinski definition) is 1. The molecule has 0 spiro atoms. The quantitative estimate of drug-likeness (QED) is 0.859. The largest absolute Gasteiger partial charge is 0.310 e. The fourth-order valence-corrected chi connectivity index (χ4v) is 3.73. The molecule has 0 radical (unpaired) electrons. The molecular weight excluding hydrogens is 282 g/mol. The fraction of sp³-hybridized carbons (Fsp3) is 0.692. The summed E-state index contributed by atoms with van der Waals surface area (Å²) in [6, 6.07) is 2.88. The van der Waals surface area contributed by atoms with Gasteiger partial charge in [-0.05, 0) is 58.6 Å². The highest BCUT2D eigenvalue weighted by Crippen LogP contribution is 2.27. The van der Waals surface area contributed by atoms with Gasteiger partial charge in [0.2, 0.25) is 0 Å². The molecule has 2 rings (SSSR count). The Morgan fingerprint density at radius 3 is 2.81 bits per heavy atom. The highest BCUT2D eigenvalue weighted by Gasteiger charge is 2.19. The van der Waals surface area contributed by atoms with E-state index in [1.807, 2.05) is 0 Å². The van der Waals surface area contributed by atoms with Crippen LogP contribution in [0.2, 0.25) is 0 Å². The first-order valence-electron chi connectivity index (χ1n) is 6.22. The third-order valence-electron chi connectivity index (χ3n) is 3.61. The number of nitrogens with one attached hydrogen (secondary N) is 1. The van der Waals surface area contributed by atoms with Gasteiger partial charge in [-0.15, -0.1) is 11.3 Å². The molecule has 0 aliphatic heterocycles. The van der Waals surface area contributed by atoms with Crippen LogP contribution in [0, 0.1) is 5.92 Å². The van der Waals surface area contributed by atoms with Crippen LogP contribution in [0.4, 0.5) is 0 Å². The van der Waals surface area contributed by atoms with Crippen molar-refractivity contribution in [2.45, 2.75) is 51.6 Å². The number of hydrogen-bond acceptors (Lipinski definition) is 2. The Balaban J connectivity index is 1.76. The van der Waals surface area contributed by atoms with E-state index in [4.69, 9.17) is 0 Å². The molecule has 1 nitrogen and oxygen atoms in total. The summed E-state index contributed by atoms with van der Waals surface area (Å²) in [5.74, 6) is 0.899. The molecule has 90 valence electrons. The van der Waals surface area contributed by atoms with Crippen LogP contribution >= 0.6 is 27.3 Å². The lowest BCUT2D eigenvalue weighted by molar-refractivity contribution is 0.280. The SMILES string of the molecule is C[C@@H](NCc1csc(Br)c1)C1CCCCC1. The maximum Gasteiger partial charge on any atom is 0.0701 e. The van der Waals surface area contributed by atoms with Crippen LogP contribution < -0.4 is 5.32 Å². The Kier molecular flexibility index (Phi) is 4.86. The second-order valence-electron chi connectivity index (χ2n) is 4.83. The van der Waals surface area contributed by atoms with Crippen LogP contribution in [0.25, 0.3) is 0 Å². The van der Waals surface area contributed by atoms with Gasteiger partial charge in [0.15, 0.2) is 0 Å². The molecular formula is C13H20BrNS. The molecule has 1 N–H and O–H groups in total. The molecule has 1 saturated carbocycles. The molecule has 1 aliphatic rings. The third-order valence-corrected chi connectivity index (χ3v) is 5.16. The summed E-state index contributed by atoms with van der Waals surface area (Å²) in [6.45, 7) is 3.36. The van der Waals surface area contributed by atoms with E-state index in [1.165, 1.54) is 41.5 Å². The summed E-state index contributed by atoms with van der Waals surface area (Å²) in [4.78, 5) is 0. The van der Waals surface area contributed by atoms with Gasteiger partial charge in [-0.25, -0.2) is 0 Å². The molecule has 1 fully saturated rings. The predicted octanol–water partition coefficient (Wildman–Crippen LogP) is 4.57. The van der Waals surface area contributed by atoms with Crippen molar-refractivity contribution in [1.82, 2.24) is 5.32 Å². The number of rotatable bonds is 4. The molecule has 16 heavy (non-hydrogen) atoms. The monoisotopic (exact) mass is 301 g/mol. The summed E-state index contributed by atoms with van der Waals surface area (Å²) in [7, 11) is 0. The first-order chi connectivity index (χ1) is 7.75. The maximum absolute atomic E-state index is 3.67. The van der Waals surface area contributed by atoms with E-state index < -0.39 is 0 Å². The highest BCUT2D eigenvalue weighted by molar-refractivity contribution is 9.11. The summed E-state index contributed by atoms with van der Waals surface area (Å²) in [5.41, 5.74) is 1.40. The van der Waals surface area contributed by atoms with Crippen LogP contribution in [0.5, 0.6) is 0 Å². The average Bonchev–Trinajstić information content (AvgIpc) is 2.73. The van der Waals surface area contributed by atoms with Crippen molar-refractivity contribution in [2.24, 2.45) is 5.92 Å². The second-order valence-corrected chi connectivity index (χ2v) is 7.12. The normalized spacial score (nSPS) is 19.9. The van der Waals surface area contributed by atoms with Gasteiger partial charge in [0.1, 0.15) is 0 Å². The van der Waals surface area contributed by atoms with Gasteiger partial charge in [-0.1, -0.05) is 19.3 Å². The van der Waals surface area contributed by atoms with Gasteiger partial charge in [0.25, 0.3) is 0 Å². The van der Waals surface area contributed by atoms with Crippen molar-refractivity contribution in [2.75, 3.05) is 0 Å². The van der Waals surface area contributed by atoms with Gasteiger partial charge in [-0.3, -0.25) is 0 Å². The van der Waals surface area contributed by atoms with Crippen molar-refractivity contribution in [1.29, 1.82) is 0 Å². The molecule has 0 saturated heterocycles. The molecule has 0 unspecified atom stereocenters. The second kappa shape index (κ2) is 6.18. The number of halogens is 1. The number of thiophene rings is 1. The van der Waals surface area contributed by atoms with Crippen molar-refractivity contribution >= 4 is 27.3 Å². The minimum Gasteiger partial charge on any atom is -0.310 e. The first-order valence-corrected chi connectivity index (χ1v) is 7.89. The Labute approximate surface area is 111 Å². The van der Waals surface area contributed by atoms with E-state index >= 15 is 0 Å². The topological polar surface area (TPSA) is 12.0 Å². The zero-order valence-corrected chi connectivity index (χ0v) is 12.2. The molecule has 3 heteroatoms. The van der Waals surface area contributed by atoms with E-state index in [2.05, 4.69) is 39.6 Å². The standard InChI is InChI=1S/C13H20BrNS/c1-10(12-5-3-2-4-6-12)15-8-11-7-13(14)16-9-11/h7,9-10,12,15H,2-6,8H2,1H3/t10-/m1/s1. The molecule has 1 heterocycles. The van der Waals surface area contributed by atoms with Crippen molar-refractivity contribution < 1.29 is 0 Å². The third kappa shape index (κ3) is 3.57. The molecule has 0 amide bonds. The van der Waals surface area contributed by atoms with E-state index in [0.717, 1.165) is 12.5 Å². The summed E-state index contributed by atoms with van der Waals surface area (Å²) in [5, 5.41) is 5.89. The van der Waals surface area contributed by atoms with E-state index in [1.54, 1.807) is 11.3 Å². The lowest BCUT2D eigenvalue weighted by atomic mass is 9.84. The van der Waals surface area contributed by atoms with E-state index in [9.17, 15) is 0 Å². The fourth-order valence-electron chi connectivity index (χ4n) is 2.52. The van der Waals surface area contributed by atoms with E-state index in [-0.39, 0.29) is 0 Å². The van der Waals surface area contributed by atoms with Crippen LogP contribution in [-0.4, -0.2) is 6.04 Å². The van der Waals surface area contributed by atoms with Gasteiger partial charge in [0.05, 0.1) is 3.79 Å². The van der Waals surface area contributed by atoms with Gasteiger partial charge in [0, 0.05) is 12.6 Å². The first kappa shape index (κ1) is 12.6. The highest BCUT2D eigenvalue weighted by atomic mass is 79.9. The minimum absolute atomic E-state index is 0.666. The molecule has 1 aromatic rings. The molecule has 1 atom stereocenters. The Morgan fingerprint density at radius 2 is 2.19 bits per heavy atom. The summed E-state index contributed by atoms with van der Waals surface area (Å²) >= 11 is 5.27. The average molecular weight is 302 g/mol. The van der Waals surface area contributed by atoms with E-state index in [0.29, 0.717) is 6.04 Å². The maximum atomic E-state index is 3.67. The summed E-state index contributed by atoms with van der Waals surface area (Å²) in [6.07, 6.45) is 7.14. The minimum atomic E-state index is 0.666.